The number of rotatable bonds is 3. The molecule has 0 atom stereocenters. The van der Waals surface area contributed by atoms with Gasteiger partial charge in [0.25, 0.3) is 0 Å². The number of likely N-dealkylation sites (tertiary alicyclic amines) is 1. The van der Waals surface area contributed by atoms with Crippen molar-refractivity contribution in [2.24, 2.45) is 0 Å². The molecule has 3 aliphatic heterocycles. The SMILES string of the molecule is c1cc2c(cc1-n1nc(CN3CCCCC3)c3c1NCC3)OCCO2. The van der Waals surface area contributed by atoms with Crippen molar-refractivity contribution in [3.8, 4) is 17.2 Å². The second-order valence-corrected chi connectivity index (χ2v) is 7.03. The number of hydrogen-bond acceptors (Lipinski definition) is 5. The molecule has 4 heterocycles. The fourth-order valence-electron chi connectivity index (χ4n) is 4.05. The fourth-order valence-corrected chi connectivity index (χ4v) is 4.05. The van der Waals surface area contributed by atoms with Gasteiger partial charge in [-0.05, 0) is 44.5 Å². The molecule has 0 amide bonds. The van der Waals surface area contributed by atoms with Gasteiger partial charge in [-0.1, -0.05) is 6.42 Å². The second-order valence-electron chi connectivity index (χ2n) is 7.03. The molecule has 0 unspecified atom stereocenters. The summed E-state index contributed by atoms with van der Waals surface area (Å²) in [5.74, 6) is 2.77. The Morgan fingerprint density at radius 2 is 1.88 bits per heavy atom. The van der Waals surface area contributed by atoms with Crippen LogP contribution in [-0.4, -0.2) is 47.5 Å². The first kappa shape index (κ1) is 15.1. The minimum Gasteiger partial charge on any atom is -0.486 e. The molecule has 1 aromatic carbocycles. The van der Waals surface area contributed by atoms with E-state index in [0.717, 1.165) is 42.5 Å². The Morgan fingerprint density at radius 1 is 1.04 bits per heavy atom. The van der Waals surface area contributed by atoms with Crippen LogP contribution in [0, 0.1) is 0 Å². The van der Waals surface area contributed by atoms with Crippen molar-refractivity contribution in [1.82, 2.24) is 14.7 Å². The molecule has 1 N–H and O–H groups in total. The molecule has 0 spiro atoms. The van der Waals surface area contributed by atoms with E-state index in [2.05, 4.69) is 16.3 Å². The summed E-state index contributed by atoms with van der Waals surface area (Å²) in [5.41, 5.74) is 3.62. The molecular formula is C19H24N4O2. The molecule has 3 aliphatic rings. The normalized spacial score (nSPS) is 19.5. The highest BCUT2D eigenvalue weighted by molar-refractivity contribution is 5.59. The number of aromatic nitrogens is 2. The first-order chi connectivity index (χ1) is 12.4. The maximum absolute atomic E-state index is 5.74. The van der Waals surface area contributed by atoms with E-state index < -0.39 is 0 Å². The predicted molar refractivity (Wildman–Crippen MR) is 95.9 cm³/mol. The Bertz CT molecular complexity index is 780. The third-order valence-electron chi connectivity index (χ3n) is 5.33. The topological polar surface area (TPSA) is 51.6 Å². The number of anilines is 1. The summed E-state index contributed by atoms with van der Waals surface area (Å²) in [7, 11) is 0. The maximum atomic E-state index is 5.74. The van der Waals surface area contributed by atoms with Crippen molar-refractivity contribution < 1.29 is 9.47 Å². The van der Waals surface area contributed by atoms with E-state index in [-0.39, 0.29) is 0 Å². The molecule has 132 valence electrons. The van der Waals surface area contributed by atoms with Gasteiger partial charge >= 0.3 is 0 Å². The Morgan fingerprint density at radius 3 is 2.76 bits per heavy atom. The maximum Gasteiger partial charge on any atom is 0.163 e. The molecule has 1 fully saturated rings. The van der Waals surface area contributed by atoms with Crippen molar-refractivity contribution >= 4 is 5.82 Å². The number of fused-ring (bicyclic) bond motifs is 2. The van der Waals surface area contributed by atoms with Crippen LogP contribution >= 0.6 is 0 Å². The van der Waals surface area contributed by atoms with E-state index in [4.69, 9.17) is 14.6 Å². The van der Waals surface area contributed by atoms with Gasteiger partial charge in [-0.3, -0.25) is 4.90 Å². The predicted octanol–water partition coefficient (Wildman–Crippen LogP) is 2.60. The summed E-state index contributed by atoms with van der Waals surface area (Å²) in [6, 6.07) is 6.08. The van der Waals surface area contributed by atoms with Crippen molar-refractivity contribution in [1.29, 1.82) is 0 Å². The molecule has 6 nitrogen and oxygen atoms in total. The van der Waals surface area contributed by atoms with Gasteiger partial charge in [0.05, 0.1) is 11.4 Å². The second kappa shape index (κ2) is 6.26. The highest BCUT2D eigenvalue weighted by atomic mass is 16.6. The van der Waals surface area contributed by atoms with Gasteiger partial charge in [-0.25, -0.2) is 4.68 Å². The van der Waals surface area contributed by atoms with Crippen LogP contribution in [0.1, 0.15) is 30.5 Å². The van der Waals surface area contributed by atoms with Gasteiger partial charge in [0.1, 0.15) is 19.0 Å². The number of ether oxygens (including phenoxy) is 2. The third-order valence-corrected chi connectivity index (χ3v) is 5.33. The Hall–Kier alpha value is -2.21. The minimum atomic E-state index is 0.603. The molecule has 2 aromatic rings. The van der Waals surface area contributed by atoms with Crippen molar-refractivity contribution in [3.63, 3.8) is 0 Å². The monoisotopic (exact) mass is 340 g/mol. The van der Waals surface area contributed by atoms with Crippen LogP contribution in [0.3, 0.4) is 0 Å². The van der Waals surface area contributed by atoms with Gasteiger partial charge in [-0.2, -0.15) is 5.10 Å². The summed E-state index contributed by atoms with van der Waals surface area (Å²) in [5, 5.41) is 8.48. The van der Waals surface area contributed by atoms with Crippen LogP contribution < -0.4 is 14.8 Å². The number of nitrogens with one attached hydrogen (secondary N) is 1. The summed E-state index contributed by atoms with van der Waals surface area (Å²) < 4.78 is 13.4. The number of hydrogen-bond donors (Lipinski definition) is 1. The summed E-state index contributed by atoms with van der Waals surface area (Å²) in [6.45, 7) is 5.56. The Kier molecular flexibility index (Phi) is 3.77. The smallest absolute Gasteiger partial charge is 0.163 e. The lowest BCUT2D eigenvalue weighted by Gasteiger charge is -2.25. The van der Waals surface area contributed by atoms with Crippen LogP contribution in [0.2, 0.25) is 0 Å². The van der Waals surface area contributed by atoms with E-state index in [9.17, 15) is 0 Å². The molecule has 0 aliphatic carbocycles. The van der Waals surface area contributed by atoms with Gasteiger partial charge in [0.15, 0.2) is 11.5 Å². The van der Waals surface area contributed by atoms with Gasteiger partial charge in [-0.15, -0.1) is 0 Å². The first-order valence-corrected chi connectivity index (χ1v) is 9.35. The van der Waals surface area contributed by atoms with Gasteiger partial charge < -0.3 is 14.8 Å². The van der Waals surface area contributed by atoms with Gasteiger partial charge in [0, 0.05) is 24.7 Å². The van der Waals surface area contributed by atoms with Crippen LogP contribution in [0.4, 0.5) is 5.82 Å². The van der Waals surface area contributed by atoms with E-state index >= 15 is 0 Å². The molecule has 25 heavy (non-hydrogen) atoms. The fraction of sp³-hybridized carbons (Fsp3) is 0.526. The third kappa shape index (κ3) is 2.74. The molecule has 1 aromatic heterocycles. The number of benzene rings is 1. The van der Waals surface area contributed by atoms with E-state index in [1.807, 2.05) is 16.8 Å². The molecule has 0 radical (unpaired) electrons. The highest BCUT2D eigenvalue weighted by Crippen LogP contribution is 2.35. The zero-order valence-electron chi connectivity index (χ0n) is 14.5. The lowest BCUT2D eigenvalue weighted by molar-refractivity contribution is 0.171. The average Bonchev–Trinajstić information content (AvgIpc) is 3.26. The van der Waals surface area contributed by atoms with Crippen LogP contribution in [0.25, 0.3) is 5.69 Å². The van der Waals surface area contributed by atoms with E-state index in [1.165, 1.54) is 43.6 Å². The largest absolute Gasteiger partial charge is 0.486 e. The number of nitrogens with zero attached hydrogens (tertiary/aromatic N) is 3. The van der Waals surface area contributed by atoms with E-state index in [0.29, 0.717) is 13.2 Å². The van der Waals surface area contributed by atoms with Crippen LogP contribution in [-0.2, 0) is 13.0 Å². The minimum absolute atomic E-state index is 0.603. The molecule has 1 saturated heterocycles. The summed E-state index contributed by atoms with van der Waals surface area (Å²) in [6.07, 6.45) is 5.04. The lowest BCUT2D eigenvalue weighted by atomic mass is 10.1. The lowest BCUT2D eigenvalue weighted by Crippen LogP contribution is -2.29. The molecule has 5 rings (SSSR count). The van der Waals surface area contributed by atoms with Crippen LogP contribution in [0.15, 0.2) is 18.2 Å². The molecular weight excluding hydrogens is 316 g/mol. The van der Waals surface area contributed by atoms with Crippen molar-refractivity contribution in [2.75, 3.05) is 38.2 Å². The quantitative estimate of drug-likeness (QED) is 0.931. The van der Waals surface area contributed by atoms with Crippen molar-refractivity contribution in [3.05, 3.63) is 29.5 Å². The summed E-state index contributed by atoms with van der Waals surface area (Å²) >= 11 is 0. The molecule has 0 saturated carbocycles. The zero-order chi connectivity index (χ0) is 16.6. The van der Waals surface area contributed by atoms with Crippen LogP contribution in [0.5, 0.6) is 11.5 Å². The summed E-state index contributed by atoms with van der Waals surface area (Å²) in [4.78, 5) is 2.54. The average molecular weight is 340 g/mol. The van der Waals surface area contributed by atoms with Crippen molar-refractivity contribution in [2.45, 2.75) is 32.2 Å². The standard InChI is InChI=1S/C19H24N4O2/c1-2-8-22(9-3-1)13-16-15-6-7-20-19(15)23(21-16)14-4-5-17-18(12-14)25-11-10-24-17/h4-5,12,20H,1-3,6-11,13H2. The number of piperidine rings is 1. The Balaban J connectivity index is 1.48. The molecule has 6 heteroatoms. The molecule has 0 bridgehead atoms. The Labute approximate surface area is 147 Å². The first-order valence-electron chi connectivity index (χ1n) is 9.35. The van der Waals surface area contributed by atoms with E-state index in [1.54, 1.807) is 0 Å². The van der Waals surface area contributed by atoms with Gasteiger partial charge in [0.2, 0.25) is 0 Å². The zero-order valence-corrected chi connectivity index (χ0v) is 14.5. The highest BCUT2D eigenvalue weighted by Gasteiger charge is 2.25.